The van der Waals surface area contributed by atoms with Gasteiger partial charge in [0.25, 0.3) is 0 Å². The standard InChI is InChI=1S/C7H8NSe/c8-7(9)6-4-2-1-3-5-6/h2-5,7,9H,8H2. The van der Waals surface area contributed by atoms with E-state index >= 15 is 0 Å². The molecule has 0 spiro atoms. The molecule has 9 heavy (non-hydrogen) atoms. The average molecular weight is 185 g/mol. The normalized spacial score (nSPS) is 13.1. The van der Waals surface area contributed by atoms with Crippen molar-refractivity contribution >= 4 is 16.0 Å². The van der Waals surface area contributed by atoms with Crippen molar-refractivity contribution in [3.8, 4) is 0 Å². The molecule has 0 saturated heterocycles. The quantitative estimate of drug-likeness (QED) is 0.627. The third-order valence-electron chi connectivity index (χ3n) is 1.09. The van der Waals surface area contributed by atoms with Crippen molar-refractivity contribution in [1.82, 2.24) is 0 Å². The Labute approximate surface area is 63.1 Å². The van der Waals surface area contributed by atoms with Gasteiger partial charge >= 0.3 is 62.6 Å². The third-order valence-corrected chi connectivity index (χ3v) is 1.71. The molecule has 0 heterocycles. The summed E-state index contributed by atoms with van der Waals surface area (Å²) in [7, 11) is 0. The molecule has 0 aliphatic carbocycles. The molecule has 0 bridgehead atoms. The van der Waals surface area contributed by atoms with Gasteiger partial charge in [0.05, 0.1) is 0 Å². The molecule has 47 valence electrons. The van der Waals surface area contributed by atoms with Crippen molar-refractivity contribution in [2.24, 2.45) is 5.73 Å². The molecule has 1 radical (unpaired) electrons. The van der Waals surface area contributed by atoms with Gasteiger partial charge in [0.1, 0.15) is 0 Å². The first kappa shape index (κ1) is 6.81. The van der Waals surface area contributed by atoms with E-state index in [9.17, 15) is 0 Å². The van der Waals surface area contributed by atoms with Crippen LogP contribution in [0.5, 0.6) is 0 Å². The molecule has 0 amide bonds. The van der Waals surface area contributed by atoms with Crippen LogP contribution in [-0.2, 0) is 0 Å². The van der Waals surface area contributed by atoms with Gasteiger partial charge in [0.2, 0.25) is 0 Å². The second-order valence-corrected chi connectivity index (χ2v) is 2.95. The summed E-state index contributed by atoms with van der Waals surface area (Å²) in [6.07, 6.45) is 0. The maximum absolute atomic E-state index is 5.57. The minimum absolute atomic E-state index is 0.0760. The summed E-state index contributed by atoms with van der Waals surface area (Å²) in [6.45, 7) is 0. The van der Waals surface area contributed by atoms with Gasteiger partial charge in [-0.25, -0.2) is 0 Å². The topological polar surface area (TPSA) is 26.0 Å². The van der Waals surface area contributed by atoms with E-state index in [-0.39, 0.29) is 4.94 Å². The van der Waals surface area contributed by atoms with Crippen molar-refractivity contribution in [2.45, 2.75) is 4.94 Å². The van der Waals surface area contributed by atoms with Crippen LogP contribution in [0.1, 0.15) is 10.5 Å². The SMILES string of the molecule is NC([SeH])c1cc[c]cc1. The Morgan fingerprint density at radius 3 is 2.33 bits per heavy atom. The fourth-order valence-corrected chi connectivity index (χ4v) is 0.958. The summed E-state index contributed by atoms with van der Waals surface area (Å²) in [5, 5.41) is 0. The summed E-state index contributed by atoms with van der Waals surface area (Å²) in [4.78, 5) is 0.0760. The molecule has 2 heteroatoms. The summed E-state index contributed by atoms with van der Waals surface area (Å²) in [5.74, 6) is 0. The molecule has 0 fully saturated rings. The van der Waals surface area contributed by atoms with E-state index < -0.39 is 0 Å². The summed E-state index contributed by atoms with van der Waals surface area (Å²) in [5.41, 5.74) is 6.71. The van der Waals surface area contributed by atoms with Crippen molar-refractivity contribution in [3.63, 3.8) is 0 Å². The van der Waals surface area contributed by atoms with Crippen LogP contribution >= 0.6 is 0 Å². The molecule has 1 unspecified atom stereocenters. The Balaban J connectivity index is 2.85. The molecule has 2 N–H and O–H groups in total. The molecule has 1 atom stereocenters. The molecule has 1 aromatic rings. The van der Waals surface area contributed by atoms with E-state index in [0.717, 1.165) is 5.56 Å². The van der Waals surface area contributed by atoms with Crippen LogP contribution in [-0.4, -0.2) is 16.0 Å². The molecule has 0 saturated carbocycles. The van der Waals surface area contributed by atoms with Crippen LogP contribution in [0, 0.1) is 6.07 Å². The van der Waals surface area contributed by atoms with Crippen molar-refractivity contribution in [3.05, 3.63) is 35.9 Å². The molecule has 1 aromatic carbocycles. The summed E-state index contributed by atoms with van der Waals surface area (Å²) >= 11 is 2.39. The zero-order valence-corrected chi connectivity index (χ0v) is 6.79. The minimum atomic E-state index is 0.0760. The van der Waals surface area contributed by atoms with Crippen LogP contribution in [0.4, 0.5) is 0 Å². The Morgan fingerprint density at radius 1 is 1.44 bits per heavy atom. The van der Waals surface area contributed by atoms with Crippen LogP contribution in [0.15, 0.2) is 24.3 Å². The number of benzene rings is 1. The van der Waals surface area contributed by atoms with Gasteiger partial charge in [-0.05, 0) is 0 Å². The monoisotopic (exact) mass is 186 g/mol. The zero-order valence-electron chi connectivity index (χ0n) is 4.91. The van der Waals surface area contributed by atoms with Gasteiger partial charge in [-0.1, -0.05) is 0 Å². The fourth-order valence-electron chi connectivity index (χ4n) is 0.597. The molecule has 0 aliphatic rings. The van der Waals surface area contributed by atoms with Crippen LogP contribution in [0.2, 0.25) is 0 Å². The second kappa shape index (κ2) is 3.02. The Morgan fingerprint density at radius 2 is 2.00 bits per heavy atom. The van der Waals surface area contributed by atoms with Gasteiger partial charge < -0.3 is 0 Å². The zero-order chi connectivity index (χ0) is 6.69. The molecule has 0 aromatic heterocycles. The predicted molar refractivity (Wildman–Crippen MR) is 39.4 cm³/mol. The number of hydrogen-bond acceptors (Lipinski definition) is 1. The third kappa shape index (κ3) is 1.83. The van der Waals surface area contributed by atoms with E-state index in [1.807, 2.05) is 24.3 Å². The maximum atomic E-state index is 5.57. The first-order valence-electron chi connectivity index (χ1n) is 2.70. The molecular formula is C7H8NSe. The van der Waals surface area contributed by atoms with Gasteiger partial charge in [0, 0.05) is 0 Å². The van der Waals surface area contributed by atoms with Crippen molar-refractivity contribution < 1.29 is 0 Å². The van der Waals surface area contributed by atoms with Gasteiger partial charge in [-0.15, -0.1) is 0 Å². The Hall–Kier alpha value is -0.301. The summed E-state index contributed by atoms with van der Waals surface area (Å²) < 4.78 is 0. The number of nitrogens with two attached hydrogens (primary N) is 1. The van der Waals surface area contributed by atoms with E-state index in [1.165, 1.54) is 0 Å². The van der Waals surface area contributed by atoms with Crippen molar-refractivity contribution in [2.75, 3.05) is 0 Å². The Bertz CT molecular complexity index is 172. The molecule has 0 aliphatic heterocycles. The number of hydrogen-bond donors (Lipinski definition) is 1. The van der Waals surface area contributed by atoms with Gasteiger partial charge in [-0.3, -0.25) is 0 Å². The van der Waals surface area contributed by atoms with Crippen LogP contribution in [0.25, 0.3) is 0 Å². The summed E-state index contributed by atoms with van der Waals surface area (Å²) in [6, 6.07) is 10.6. The van der Waals surface area contributed by atoms with Gasteiger partial charge in [0.15, 0.2) is 0 Å². The first-order valence-corrected chi connectivity index (χ1v) is 3.79. The van der Waals surface area contributed by atoms with Crippen LogP contribution < -0.4 is 5.73 Å². The van der Waals surface area contributed by atoms with E-state index in [1.54, 1.807) is 0 Å². The predicted octanol–water partition coefficient (Wildman–Crippen LogP) is 0.345. The fraction of sp³-hybridized carbons (Fsp3) is 0.143. The molecular weight excluding hydrogens is 177 g/mol. The second-order valence-electron chi connectivity index (χ2n) is 1.78. The first-order chi connectivity index (χ1) is 4.30. The average Bonchev–Trinajstić information content (AvgIpc) is 1.90. The van der Waals surface area contributed by atoms with E-state index in [2.05, 4.69) is 22.1 Å². The van der Waals surface area contributed by atoms with E-state index in [0.29, 0.717) is 0 Å². The molecule has 1 rings (SSSR count). The Kier molecular flexibility index (Phi) is 2.29. The number of rotatable bonds is 1. The van der Waals surface area contributed by atoms with Crippen molar-refractivity contribution in [1.29, 1.82) is 0 Å². The molecule has 1 nitrogen and oxygen atoms in total. The van der Waals surface area contributed by atoms with E-state index in [4.69, 9.17) is 5.73 Å². The van der Waals surface area contributed by atoms with Crippen LogP contribution in [0.3, 0.4) is 0 Å². The van der Waals surface area contributed by atoms with Gasteiger partial charge in [-0.2, -0.15) is 0 Å².